The van der Waals surface area contributed by atoms with Crippen molar-refractivity contribution in [2.45, 2.75) is 6.54 Å². The Morgan fingerprint density at radius 2 is 1.73 bits per heavy atom. The Labute approximate surface area is 176 Å². The van der Waals surface area contributed by atoms with Gasteiger partial charge in [0.25, 0.3) is 5.56 Å². The second kappa shape index (κ2) is 7.57. The molecule has 2 heterocycles. The highest BCUT2D eigenvalue weighted by atomic mass is 32.1. The molecule has 0 aliphatic carbocycles. The van der Waals surface area contributed by atoms with Crippen LogP contribution in [0.2, 0.25) is 0 Å². The van der Waals surface area contributed by atoms with Crippen LogP contribution in [-0.2, 0) is 11.3 Å². The molecule has 0 saturated carbocycles. The summed E-state index contributed by atoms with van der Waals surface area (Å²) in [7, 11) is 0. The monoisotopic (exact) mass is 411 g/mol. The van der Waals surface area contributed by atoms with E-state index in [4.69, 9.17) is 0 Å². The fourth-order valence-electron chi connectivity index (χ4n) is 3.53. The lowest BCUT2D eigenvalue weighted by Gasteiger charge is -2.08. The molecule has 6 heteroatoms. The van der Waals surface area contributed by atoms with Crippen LogP contribution < -0.4 is 10.9 Å². The number of nitrogens with one attached hydrogen (secondary N) is 1. The van der Waals surface area contributed by atoms with Crippen LogP contribution in [0.4, 0.5) is 5.69 Å². The Morgan fingerprint density at radius 1 is 0.967 bits per heavy atom. The first-order valence-electron chi connectivity index (χ1n) is 9.50. The van der Waals surface area contributed by atoms with Gasteiger partial charge in [-0.25, -0.2) is 4.98 Å². The predicted molar refractivity (Wildman–Crippen MR) is 122 cm³/mol. The van der Waals surface area contributed by atoms with E-state index >= 15 is 0 Å². The second-order valence-electron chi connectivity index (χ2n) is 6.98. The summed E-state index contributed by atoms with van der Waals surface area (Å²) in [5, 5.41) is 7.56. The number of carbonyl (C=O) groups excluding carboxylic acids is 1. The van der Waals surface area contributed by atoms with Gasteiger partial charge in [-0.05, 0) is 34.5 Å². The maximum atomic E-state index is 13.2. The number of thiophene rings is 1. The van der Waals surface area contributed by atoms with Crippen LogP contribution in [0.15, 0.2) is 89.3 Å². The molecule has 1 N–H and O–H groups in total. The van der Waals surface area contributed by atoms with Gasteiger partial charge < -0.3 is 5.32 Å². The van der Waals surface area contributed by atoms with Crippen LogP contribution in [0.5, 0.6) is 0 Å². The highest BCUT2D eigenvalue weighted by Gasteiger charge is 2.15. The number of aromatic nitrogens is 2. The molecule has 5 aromatic rings. The van der Waals surface area contributed by atoms with Crippen LogP contribution in [0, 0.1) is 0 Å². The second-order valence-corrected chi connectivity index (χ2v) is 7.84. The van der Waals surface area contributed by atoms with Crippen molar-refractivity contribution < 1.29 is 4.79 Å². The number of fused-ring (bicyclic) bond motifs is 2. The lowest BCUT2D eigenvalue weighted by molar-refractivity contribution is -0.116. The van der Waals surface area contributed by atoms with Crippen molar-refractivity contribution >= 4 is 43.9 Å². The molecule has 0 fully saturated rings. The van der Waals surface area contributed by atoms with Crippen molar-refractivity contribution in [3.8, 4) is 11.1 Å². The highest BCUT2D eigenvalue weighted by molar-refractivity contribution is 7.17. The van der Waals surface area contributed by atoms with Gasteiger partial charge in [0.05, 0.1) is 11.7 Å². The zero-order valence-corrected chi connectivity index (χ0v) is 16.7. The van der Waals surface area contributed by atoms with E-state index < -0.39 is 0 Å². The van der Waals surface area contributed by atoms with Crippen molar-refractivity contribution in [1.82, 2.24) is 9.55 Å². The van der Waals surface area contributed by atoms with Crippen molar-refractivity contribution in [2.24, 2.45) is 0 Å². The van der Waals surface area contributed by atoms with Gasteiger partial charge in [0.15, 0.2) is 0 Å². The fraction of sp³-hybridized carbons (Fsp3) is 0.0417. The van der Waals surface area contributed by atoms with Crippen molar-refractivity contribution in [1.29, 1.82) is 0 Å². The number of nitrogens with zero attached hydrogens (tertiary/aromatic N) is 2. The Balaban J connectivity index is 1.52. The lowest BCUT2D eigenvalue weighted by atomic mass is 10.0. The van der Waals surface area contributed by atoms with E-state index in [1.807, 2.05) is 41.8 Å². The Bertz CT molecular complexity index is 1440. The Kier molecular flexibility index (Phi) is 4.61. The smallest absolute Gasteiger partial charge is 0.263 e. The third-order valence-electron chi connectivity index (χ3n) is 4.99. The molecular weight excluding hydrogens is 394 g/mol. The lowest BCUT2D eigenvalue weighted by Crippen LogP contribution is -2.27. The third kappa shape index (κ3) is 3.38. The molecule has 0 spiro atoms. The average molecular weight is 411 g/mol. The standard InChI is InChI=1S/C24H17N3O2S/c28-21(26-19-8-2-1-3-9-19)13-27-15-25-23-22(24(27)29)20(14-30-23)18-11-10-16-6-4-5-7-17(16)12-18/h1-12,14-15H,13H2,(H,26,28). The van der Waals surface area contributed by atoms with E-state index in [2.05, 4.69) is 34.6 Å². The molecule has 3 aromatic carbocycles. The maximum Gasteiger partial charge on any atom is 0.263 e. The predicted octanol–water partition coefficient (Wildman–Crippen LogP) is 4.92. The molecule has 0 aliphatic rings. The molecule has 5 nitrogen and oxygen atoms in total. The van der Waals surface area contributed by atoms with Gasteiger partial charge in [0.2, 0.25) is 5.91 Å². The molecule has 1 amide bonds. The first-order chi connectivity index (χ1) is 14.7. The molecule has 30 heavy (non-hydrogen) atoms. The fourth-order valence-corrected chi connectivity index (χ4v) is 4.43. The number of para-hydroxylation sites is 1. The number of benzene rings is 3. The first kappa shape index (κ1) is 18.3. The SMILES string of the molecule is O=C(Cn1cnc2scc(-c3ccc4ccccc4c3)c2c1=O)Nc1ccccc1. The number of carbonyl (C=O) groups is 1. The number of hydrogen-bond acceptors (Lipinski definition) is 4. The minimum atomic E-state index is -0.271. The van der Waals surface area contributed by atoms with Gasteiger partial charge in [-0.15, -0.1) is 11.3 Å². The van der Waals surface area contributed by atoms with Crippen LogP contribution in [0.1, 0.15) is 0 Å². The van der Waals surface area contributed by atoms with Crippen LogP contribution in [0.3, 0.4) is 0 Å². The zero-order chi connectivity index (χ0) is 20.5. The Morgan fingerprint density at radius 3 is 2.57 bits per heavy atom. The van der Waals surface area contributed by atoms with Gasteiger partial charge in [-0.2, -0.15) is 0 Å². The third-order valence-corrected chi connectivity index (χ3v) is 5.88. The first-order valence-corrected chi connectivity index (χ1v) is 10.4. The summed E-state index contributed by atoms with van der Waals surface area (Å²) in [4.78, 5) is 30.7. The highest BCUT2D eigenvalue weighted by Crippen LogP contribution is 2.32. The van der Waals surface area contributed by atoms with Gasteiger partial charge in [0.1, 0.15) is 11.4 Å². The summed E-state index contributed by atoms with van der Waals surface area (Å²) in [6.45, 7) is -0.0936. The summed E-state index contributed by atoms with van der Waals surface area (Å²) in [5.41, 5.74) is 2.28. The summed E-state index contributed by atoms with van der Waals surface area (Å²) in [6, 6.07) is 23.4. The average Bonchev–Trinajstić information content (AvgIpc) is 3.21. The normalized spacial score (nSPS) is 11.1. The van der Waals surface area contributed by atoms with E-state index in [0.717, 1.165) is 21.9 Å². The molecule has 146 valence electrons. The van der Waals surface area contributed by atoms with Crippen molar-refractivity contribution in [3.63, 3.8) is 0 Å². The molecule has 0 radical (unpaired) electrons. The summed E-state index contributed by atoms with van der Waals surface area (Å²) >= 11 is 1.43. The molecule has 0 aliphatic heterocycles. The largest absolute Gasteiger partial charge is 0.325 e. The summed E-state index contributed by atoms with van der Waals surface area (Å²) in [6.07, 6.45) is 1.44. The Hall–Kier alpha value is -3.77. The van der Waals surface area contributed by atoms with Crippen molar-refractivity contribution in [3.05, 3.63) is 94.9 Å². The van der Waals surface area contributed by atoms with E-state index in [9.17, 15) is 9.59 Å². The van der Waals surface area contributed by atoms with E-state index in [1.165, 1.54) is 22.2 Å². The molecular formula is C24H17N3O2S. The minimum Gasteiger partial charge on any atom is -0.325 e. The van der Waals surface area contributed by atoms with E-state index in [1.54, 1.807) is 12.1 Å². The van der Waals surface area contributed by atoms with Gasteiger partial charge in [0, 0.05) is 16.6 Å². The zero-order valence-electron chi connectivity index (χ0n) is 15.9. The maximum absolute atomic E-state index is 13.2. The topological polar surface area (TPSA) is 64.0 Å². The van der Waals surface area contributed by atoms with Gasteiger partial charge in [-0.3, -0.25) is 14.2 Å². The summed E-state index contributed by atoms with van der Waals surface area (Å²) < 4.78 is 1.36. The number of anilines is 1. The van der Waals surface area contributed by atoms with E-state index in [-0.39, 0.29) is 18.0 Å². The molecule has 0 bridgehead atoms. The minimum absolute atomic E-state index is 0.0936. The number of amides is 1. The van der Waals surface area contributed by atoms with Crippen LogP contribution in [-0.4, -0.2) is 15.5 Å². The van der Waals surface area contributed by atoms with Crippen LogP contribution >= 0.6 is 11.3 Å². The number of hydrogen-bond donors (Lipinski definition) is 1. The van der Waals surface area contributed by atoms with E-state index in [0.29, 0.717) is 15.9 Å². The molecule has 0 unspecified atom stereocenters. The van der Waals surface area contributed by atoms with Gasteiger partial charge in [-0.1, -0.05) is 54.6 Å². The van der Waals surface area contributed by atoms with Gasteiger partial charge >= 0.3 is 0 Å². The molecule has 0 saturated heterocycles. The molecule has 0 atom stereocenters. The molecule has 2 aromatic heterocycles. The number of rotatable bonds is 4. The van der Waals surface area contributed by atoms with Crippen LogP contribution in [0.25, 0.3) is 32.1 Å². The van der Waals surface area contributed by atoms with Crippen molar-refractivity contribution in [2.75, 3.05) is 5.32 Å². The molecule has 5 rings (SSSR count). The quantitative estimate of drug-likeness (QED) is 0.457. The summed E-state index contributed by atoms with van der Waals surface area (Å²) in [5.74, 6) is -0.271.